The zero-order valence-electron chi connectivity index (χ0n) is 5.89. The van der Waals surface area contributed by atoms with Crippen molar-refractivity contribution in [2.24, 2.45) is 5.73 Å². The second-order valence-electron chi connectivity index (χ2n) is 1.94. The Morgan fingerprint density at radius 1 is 1.78 bits per heavy atom. The number of hydrogen-bond acceptors (Lipinski definition) is 3. The third-order valence-corrected chi connectivity index (χ3v) is 0.771. The van der Waals surface area contributed by atoms with Crippen molar-refractivity contribution in [1.29, 1.82) is 0 Å². The molecule has 0 saturated carbocycles. The molecule has 0 aliphatic carbocycles. The highest BCUT2D eigenvalue weighted by Gasteiger charge is 2.01. The fourth-order valence-corrected chi connectivity index (χ4v) is 0.470. The molecule has 0 aromatic heterocycles. The van der Waals surface area contributed by atoms with Crippen molar-refractivity contribution < 1.29 is 9.53 Å². The fraction of sp³-hybridized carbons (Fsp3) is 0.833. The Morgan fingerprint density at radius 3 is 2.67 bits per heavy atom. The van der Waals surface area contributed by atoms with E-state index in [1.807, 2.05) is 6.92 Å². The molecule has 1 unspecified atom stereocenters. The average Bonchev–Trinajstić information content (AvgIpc) is 1.63. The van der Waals surface area contributed by atoms with Crippen molar-refractivity contribution >= 4 is 5.97 Å². The first-order valence-corrected chi connectivity index (χ1v) is 3.12. The minimum atomic E-state index is -0.468. The van der Waals surface area contributed by atoms with E-state index >= 15 is 0 Å². The topological polar surface area (TPSA) is 52.3 Å². The maximum Gasteiger partial charge on any atom is 0.307 e. The summed E-state index contributed by atoms with van der Waals surface area (Å²) < 4.78 is 4.63. The van der Waals surface area contributed by atoms with Gasteiger partial charge in [0.15, 0.2) is 0 Å². The highest BCUT2D eigenvalue weighted by Crippen LogP contribution is 1.91. The van der Waals surface area contributed by atoms with Gasteiger partial charge in [0.25, 0.3) is 0 Å². The SMILES string of the molecule is CCCC(=O)OC(C)N. The Hall–Kier alpha value is -0.570. The van der Waals surface area contributed by atoms with Gasteiger partial charge in [-0.15, -0.1) is 0 Å². The van der Waals surface area contributed by atoms with E-state index in [0.717, 1.165) is 6.42 Å². The lowest BCUT2D eigenvalue weighted by Crippen LogP contribution is -2.22. The third kappa shape index (κ3) is 5.30. The van der Waals surface area contributed by atoms with E-state index in [-0.39, 0.29) is 5.97 Å². The van der Waals surface area contributed by atoms with E-state index < -0.39 is 6.23 Å². The Kier molecular flexibility index (Phi) is 4.05. The minimum Gasteiger partial charge on any atom is -0.447 e. The van der Waals surface area contributed by atoms with E-state index in [1.165, 1.54) is 0 Å². The molecular weight excluding hydrogens is 118 g/mol. The molecule has 9 heavy (non-hydrogen) atoms. The molecule has 3 heteroatoms. The van der Waals surface area contributed by atoms with Gasteiger partial charge in [0.05, 0.1) is 0 Å². The fourth-order valence-electron chi connectivity index (χ4n) is 0.470. The second-order valence-corrected chi connectivity index (χ2v) is 1.94. The molecule has 0 amide bonds. The molecule has 0 aromatic rings. The maximum atomic E-state index is 10.6. The van der Waals surface area contributed by atoms with Gasteiger partial charge in [-0.1, -0.05) is 6.92 Å². The van der Waals surface area contributed by atoms with Gasteiger partial charge in [0, 0.05) is 6.42 Å². The lowest BCUT2D eigenvalue weighted by atomic mass is 10.3. The van der Waals surface area contributed by atoms with Crippen LogP contribution in [0, 0.1) is 0 Å². The molecule has 0 radical (unpaired) electrons. The number of ether oxygens (including phenoxy) is 1. The number of carbonyl (C=O) groups excluding carboxylic acids is 1. The molecule has 0 fully saturated rings. The van der Waals surface area contributed by atoms with Crippen LogP contribution in [0.3, 0.4) is 0 Å². The van der Waals surface area contributed by atoms with Crippen LogP contribution in [0.1, 0.15) is 26.7 Å². The Morgan fingerprint density at radius 2 is 2.33 bits per heavy atom. The van der Waals surface area contributed by atoms with Gasteiger partial charge in [-0.3, -0.25) is 10.5 Å². The zero-order chi connectivity index (χ0) is 7.28. The summed E-state index contributed by atoms with van der Waals surface area (Å²) in [5.74, 6) is -0.215. The lowest BCUT2D eigenvalue weighted by molar-refractivity contribution is -0.147. The predicted molar refractivity (Wildman–Crippen MR) is 34.6 cm³/mol. The molecular formula is C6H13NO2. The molecule has 0 bridgehead atoms. The van der Waals surface area contributed by atoms with Crippen LogP contribution in [0.5, 0.6) is 0 Å². The Labute approximate surface area is 55.2 Å². The minimum absolute atomic E-state index is 0.215. The summed E-state index contributed by atoms with van der Waals surface area (Å²) in [5, 5.41) is 0. The first-order valence-electron chi connectivity index (χ1n) is 3.12. The first kappa shape index (κ1) is 8.43. The summed E-state index contributed by atoms with van der Waals surface area (Å²) in [6.07, 6.45) is 0.802. The number of esters is 1. The molecule has 0 aromatic carbocycles. The lowest BCUT2D eigenvalue weighted by Gasteiger charge is -2.05. The Balaban J connectivity index is 3.27. The third-order valence-electron chi connectivity index (χ3n) is 0.771. The van der Waals surface area contributed by atoms with Crippen molar-refractivity contribution in [1.82, 2.24) is 0 Å². The van der Waals surface area contributed by atoms with E-state index in [0.29, 0.717) is 6.42 Å². The molecule has 0 rings (SSSR count). The number of carbonyl (C=O) groups is 1. The molecule has 2 N–H and O–H groups in total. The number of hydrogen-bond donors (Lipinski definition) is 1. The van der Waals surface area contributed by atoms with Crippen LogP contribution < -0.4 is 5.73 Å². The molecule has 1 atom stereocenters. The highest BCUT2D eigenvalue weighted by atomic mass is 16.5. The standard InChI is InChI=1S/C6H13NO2/c1-3-4-6(8)9-5(2)7/h5H,3-4,7H2,1-2H3. The van der Waals surface area contributed by atoms with Gasteiger partial charge in [-0.25, -0.2) is 0 Å². The summed E-state index contributed by atoms with van der Waals surface area (Å²) in [6, 6.07) is 0. The van der Waals surface area contributed by atoms with E-state index in [9.17, 15) is 4.79 Å². The quantitative estimate of drug-likeness (QED) is 0.451. The van der Waals surface area contributed by atoms with Crippen LogP contribution in [-0.4, -0.2) is 12.2 Å². The smallest absolute Gasteiger partial charge is 0.307 e. The summed E-state index contributed by atoms with van der Waals surface area (Å²) in [7, 11) is 0. The normalized spacial score (nSPS) is 12.8. The van der Waals surface area contributed by atoms with Crippen molar-refractivity contribution in [3.8, 4) is 0 Å². The largest absolute Gasteiger partial charge is 0.447 e. The molecule has 0 saturated heterocycles. The monoisotopic (exact) mass is 131 g/mol. The van der Waals surface area contributed by atoms with Crippen LogP contribution >= 0.6 is 0 Å². The van der Waals surface area contributed by atoms with Crippen LogP contribution in [0.2, 0.25) is 0 Å². The molecule has 0 heterocycles. The zero-order valence-corrected chi connectivity index (χ0v) is 5.89. The molecule has 0 aliphatic rings. The van der Waals surface area contributed by atoms with Crippen molar-refractivity contribution in [2.75, 3.05) is 0 Å². The maximum absolute atomic E-state index is 10.6. The van der Waals surface area contributed by atoms with Gasteiger partial charge in [0.1, 0.15) is 6.23 Å². The van der Waals surface area contributed by atoms with Gasteiger partial charge >= 0.3 is 5.97 Å². The van der Waals surface area contributed by atoms with E-state index in [1.54, 1.807) is 6.92 Å². The van der Waals surface area contributed by atoms with Gasteiger partial charge in [0.2, 0.25) is 0 Å². The van der Waals surface area contributed by atoms with Crippen molar-refractivity contribution in [2.45, 2.75) is 32.9 Å². The second kappa shape index (κ2) is 4.32. The van der Waals surface area contributed by atoms with Gasteiger partial charge < -0.3 is 4.74 Å². The van der Waals surface area contributed by atoms with E-state index in [4.69, 9.17) is 5.73 Å². The van der Waals surface area contributed by atoms with E-state index in [2.05, 4.69) is 4.74 Å². The van der Waals surface area contributed by atoms with Crippen LogP contribution in [-0.2, 0) is 9.53 Å². The average molecular weight is 131 g/mol. The summed E-state index contributed by atoms with van der Waals surface area (Å²) >= 11 is 0. The first-order chi connectivity index (χ1) is 4.16. The number of rotatable bonds is 3. The van der Waals surface area contributed by atoms with Crippen molar-refractivity contribution in [3.05, 3.63) is 0 Å². The van der Waals surface area contributed by atoms with Gasteiger partial charge in [-0.2, -0.15) is 0 Å². The van der Waals surface area contributed by atoms with Crippen LogP contribution in [0.15, 0.2) is 0 Å². The van der Waals surface area contributed by atoms with Crippen LogP contribution in [0.25, 0.3) is 0 Å². The molecule has 0 spiro atoms. The predicted octanol–water partition coefficient (Wildman–Crippen LogP) is 0.634. The Bertz CT molecular complexity index is 91.1. The van der Waals surface area contributed by atoms with Gasteiger partial charge in [-0.05, 0) is 13.3 Å². The summed E-state index contributed by atoms with van der Waals surface area (Å²) in [5.41, 5.74) is 5.18. The van der Waals surface area contributed by atoms with Crippen LogP contribution in [0.4, 0.5) is 0 Å². The summed E-state index contributed by atoms with van der Waals surface area (Å²) in [4.78, 5) is 10.6. The number of nitrogens with two attached hydrogens (primary N) is 1. The molecule has 3 nitrogen and oxygen atoms in total. The molecule has 0 aliphatic heterocycles. The highest BCUT2D eigenvalue weighted by molar-refractivity contribution is 5.69. The summed E-state index contributed by atoms with van der Waals surface area (Å²) in [6.45, 7) is 3.55. The van der Waals surface area contributed by atoms with Crippen molar-refractivity contribution in [3.63, 3.8) is 0 Å². The molecule has 54 valence electrons.